The van der Waals surface area contributed by atoms with Crippen molar-refractivity contribution < 1.29 is 4.74 Å². The van der Waals surface area contributed by atoms with E-state index in [0.717, 1.165) is 24.5 Å². The third-order valence-corrected chi connectivity index (χ3v) is 3.55. The third kappa shape index (κ3) is 3.13. The van der Waals surface area contributed by atoms with Crippen molar-refractivity contribution in [3.8, 4) is 5.75 Å². The van der Waals surface area contributed by atoms with Crippen LogP contribution < -0.4 is 4.74 Å². The number of ether oxygens (including phenoxy) is 1. The van der Waals surface area contributed by atoms with Crippen molar-refractivity contribution in [3.05, 3.63) is 29.8 Å². The van der Waals surface area contributed by atoms with E-state index >= 15 is 0 Å². The SMILES string of the molecule is COc1cccc(CCC(Cl)C2CC2)c1. The smallest absolute Gasteiger partial charge is 0.119 e. The molecule has 0 bridgehead atoms. The molecule has 0 radical (unpaired) electrons. The maximum atomic E-state index is 6.27. The highest BCUT2D eigenvalue weighted by atomic mass is 35.5. The zero-order valence-electron chi connectivity index (χ0n) is 9.08. The Morgan fingerprint density at radius 2 is 2.27 bits per heavy atom. The summed E-state index contributed by atoms with van der Waals surface area (Å²) in [6, 6.07) is 8.24. The zero-order valence-corrected chi connectivity index (χ0v) is 9.83. The fraction of sp³-hybridized carbons (Fsp3) is 0.538. The minimum absolute atomic E-state index is 0.371. The first-order chi connectivity index (χ1) is 7.29. The second-order valence-electron chi connectivity index (χ2n) is 4.24. The van der Waals surface area contributed by atoms with Gasteiger partial charge in [0.15, 0.2) is 0 Å². The average Bonchev–Trinajstić information content (AvgIpc) is 3.10. The van der Waals surface area contributed by atoms with E-state index in [-0.39, 0.29) is 0 Å². The minimum Gasteiger partial charge on any atom is -0.497 e. The molecule has 0 heterocycles. The number of hydrogen-bond acceptors (Lipinski definition) is 1. The quantitative estimate of drug-likeness (QED) is 0.694. The van der Waals surface area contributed by atoms with E-state index in [1.165, 1.54) is 18.4 Å². The molecule has 2 rings (SSSR count). The van der Waals surface area contributed by atoms with Crippen molar-refractivity contribution >= 4 is 11.6 Å². The van der Waals surface area contributed by atoms with Gasteiger partial charge in [-0.05, 0) is 49.3 Å². The Morgan fingerprint density at radius 3 is 2.93 bits per heavy atom. The first kappa shape index (κ1) is 10.8. The lowest BCUT2D eigenvalue weighted by Gasteiger charge is -2.08. The molecule has 1 fully saturated rings. The number of aryl methyl sites for hydroxylation is 1. The van der Waals surface area contributed by atoms with Gasteiger partial charge >= 0.3 is 0 Å². The molecular formula is C13H17ClO. The number of halogens is 1. The predicted octanol–water partition coefficient (Wildman–Crippen LogP) is 3.65. The first-order valence-electron chi connectivity index (χ1n) is 5.56. The molecule has 1 aromatic carbocycles. The second kappa shape index (κ2) is 4.89. The summed E-state index contributed by atoms with van der Waals surface area (Å²) < 4.78 is 5.19. The molecule has 0 saturated heterocycles. The Morgan fingerprint density at radius 1 is 1.47 bits per heavy atom. The first-order valence-corrected chi connectivity index (χ1v) is 6.00. The monoisotopic (exact) mass is 224 g/mol. The molecule has 0 amide bonds. The van der Waals surface area contributed by atoms with Crippen molar-refractivity contribution in [1.29, 1.82) is 0 Å². The predicted molar refractivity (Wildman–Crippen MR) is 63.7 cm³/mol. The second-order valence-corrected chi connectivity index (χ2v) is 4.80. The van der Waals surface area contributed by atoms with E-state index in [9.17, 15) is 0 Å². The number of benzene rings is 1. The molecule has 1 saturated carbocycles. The van der Waals surface area contributed by atoms with Crippen LogP contribution in [0.4, 0.5) is 0 Å². The van der Waals surface area contributed by atoms with Crippen LogP contribution in [0.1, 0.15) is 24.8 Å². The zero-order chi connectivity index (χ0) is 10.7. The largest absolute Gasteiger partial charge is 0.497 e. The van der Waals surface area contributed by atoms with Crippen LogP contribution in [0.2, 0.25) is 0 Å². The summed E-state index contributed by atoms with van der Waals surface area (Å²) in [5.41, 5.74) is 1.32. The molecule has 0 aliphatic heterocycles. The summed E-state index contributed by atoms with van der Waals surface area (Å²) in [7, 11) is 1.70. The maximum absolute atomic E-state index is 6.27. The van der Waals surface area contributed by atoms with Gasteiger partial charge in [-0.2, -0.15) is 0 Å². The summed E-state index contributed by atoms with van der Waals surface area (Å²) in [5, 5.41) is 0.371. The van der Waals surface area contributed by atoms with Gasteiger partial charge in [0, 0.05) is 5.38 Å². The third-order valence-electron chi connectivity index (χ3n) is 2.98. The molecule has 1 aromatic rings. The van der Waals surface area contributed by atoms with Gasteiger partial charge in [0.1, 0.15) is 5.75 Å². The van der Waals surface area contributed by atoms with Gasteiger partial charge in [-0.3, -0.25) is 0 Å². The molecule has 1 aliphatic carbocycles. The van der Waals surface area contributed by atoms with E-state index in [4.69, 9.17) is 16.3 Å². The van der Waals surface area contributed by atoms with Gasteiger partial charge in [-0.25, -0.2) is 0 Å². The fourth-order valence-corrected chi connectivity index (χ4v) is 2.19. The highest BCUT2D eigenvalue weighted by Crippen LogP contribution is 2.37. The lowest BCUT2D eigenvalue weighted by Crippen LogP contribution is -2.02. The Kier molecular flexibility index (Phi) is 3.53. The van der Waals surface area contributed by atoms with E-state index < -0.39 is 0 Å². The van der Waals surface area contributed by atoms with Crippen LogP contribution in [-0.4, -0.2) is 12.5 Å². The molecule has 2 heteroatoms. The van der Waals surface area contributed by atoms with Crippen LogP contribution in [0.25, 0.3) is 0 Å². The van der Waals surface area contributed by atoms with Gasteiger partial charge < -0.3 is 4.74 Å². The maximum Gasteiger partial charge on any atom is 0.119 e. The topological polar surface area (TPSA) is 9.23 Å². The van der Waals surface area contributed by atoms with Gasteiger partial charge in [0.05, 0.1) is 7.11 Å². The van der Waals surface area contributed by atoms with Crippen molar-refractivity contribution in [2.24, 2.45) is 5.92 Å². The lowest BCUT2D eigenvalue weighted by atomic mass is 10.1. The van der Waals surface area contributed by atoms with Crippen LogP contribution in [0.15, 0.2) is 24.3 Å². The van der Waals surface area contributed by atoms with Gasteiger partial charge in [0.25, 0.3) is 0 Å². The van der Waals surface area contributed by atoms with E-state index in [1.54, 1.807) is 7.11 Å². The molecule has 0 N–H and O–H groups in total. The van der Waals surface area contributed by atoms with Crippen LogP contribution in [-0.2, 0) is 6.42 Å². The van der Waals surface area contributed by atoms with Crippen LogP contribution in [0.5, 0.6) is 5.75 Å². The number of methoxy groups -OCH3 is 1. The van der Waals surface area contributed by atoms with E-state index in [0.29, 0.717) is 5.38 Å². The Labute approximate surface area is 96.4 Å². The summed E-state index contributed by atoms with van der Waals surface area (Å²) in [6.45, 7) is 0. The summed E-state index contributed by atoms with van der Waals surface area (Å²) >= 11 is 6.27. The summed E-state index contributed by atoms with van der Waals surface area (Å²) in [4.78, 5) is 0. The molecule has 1 nitrogen and oxygen atoms in total. The fourth-order valence-electron chi connectivity index (χ4n) is 1.83. The van der Waals surface area contributed by atoms with Crippen molar-refractivity contribution in [2.45, 2.75) is 31.1 Å². The Bertz CT molecular complexity index is 320. The molecule has 82 valence electrons. The average molecular weight is 225 g/mol. The van der Waals surface area contributed by atoms with Crippen molar-refractivity contribution in [3.63, 3.8) is 0 Å². The van der Waals surface area contributed by atoms with E-state index in [1.807, 2.05) is 12.1 Å². The van der Waals surface area contributed by atoms with Gasteiger partial charge in [-0.15, -0.1) is 11.6 Å². The number of hydrogen-bond donors (Lipinski definition) is 0. The summed E-state index contributed by atoms with van der Waals surface area (Å²) in [5.74, 6) is 1.72. The number of rotatable bonds is 5. The lowest BCUT2D eigenvalue weighted by molar-refractivity contribution is 0.414. The summed E-state index contributed by atoms with van der Waals surface area (Å²) in [6.07, 6.45) is 4.79. The highest BCUT2D eigenvalue weighted by molar-refractivity contribution is 6.20. The van der Waals surface area contributed by atoms with Gasteiger partial charge in [-0.1, -0.05) is 12.1 Å². The molecule has 1 aliphatic rings. The standard InChI is InChI=1S/C13H17ClO/c1-15-12-4-2-3-10(9-12)5-8-13(14)11-6-7-11/h2-4,9,11,13H,5-8H2,1H3. The van der Waals surface area contributed by atoms with Crippen LogP contribution in [0.3, 0.4) is 0 Å². The molecule has 0 spiro atoms. The Balaban J connectivity index is 1.86. The molecule has 1 unspecified atom stereocenters. The highest BCUT2D eigenvalue weighted by Gasteiger charge is 2.29. The molecule has 15 heavy (non-hydrogen) atoms. The molecule has 0 aromatic heterocycles. The normalized spacial score (nSPS) is 17.5. The van der Waals surface area contributed by atoms with E-state index in [2.05, 4.69) is 12.1 Å². The van der Waals surface area contributed by atoms with Gasteiger partial charge in [0.2, 0.25) is 0 Å². The number of alkyl halides is 1. The van der Waals surface area contributed by atoms with Crippen molar-refractivity contribution in [2.75, 3.05) is 7.11 Å². The molecular weight excluding hydrogens is 208 g/mol. The van der Waals surface area contributed by atoms with Crippen molar-refractivity contribution in [1.82, 2.24) is 0 Å². The minimum atomic E-state index is 0.371. The Hall–Kier alpha value is -0.690. The molecule has 1 atom stereocenters. The van der Waals surface area contributed by atoms with Crippen LogP contribution in [0, 0.1) is 5.92 Å². The van der Waals surface area contributed by atoms with Crippen LogP contribution >= 0.6 is 11.6 Å².